The average molecular weight is 248 g/mol. The Labute approximate surface area is 102 Å². The topological polar surface area (TPSA) is 90.1 Å². The zero-order valence-corrected chi connectivity index (χ0v) is 9.79. The molecule has 1 N–H and O–H groups in total. The summed E-state index contributed by atoms with van der Waals surface area (Å²) in [5.74, 6) is 0. The quantitative estimate of drug-likeness (QED) is 0.629. The summed E-state index contributed by atoms with van der Waals surface area (Å²) in [6.07, 6.45) is 1.45. The molecule has 0 spiro atoms. The Morgan fingerprint density at radius 3 is 2.94 bits per heavy atom. The largest absolute Gasteiger partial charge is 0.318 e. The maximum absolute atomic E-state index is 12.1. The lowest BCUT2D eigenvalue weighted by molar-refractivity contribution is -0.384. The Morgan fingerprint density at radius 1 is 1.50 bits per heavy atom. The van der Waals surface area contributed by atoms with Gasteiger partial charge in [-0.25, -0.2) is 4.98 Å². The molecule has 0 aliphatic rings. The Hall–Kier alpha value is -2.28. The molecule has 1 aromatic heterocycles. The molecule has 18 heavy (non-hydrogen) atoms. The Kier molecular flexibility index (Phi) is 3.33. The van der Waals surface area contributed by atoms with Gasteiger partial charge >= 0.3 is 0 Å². The van der Waals surface area contributed by atoms with E-state index in [1.165, 1.54) is 29.1 Å². The smallest absolute Gasteiger partial charge is 0.270 e. The zero-order valence-electron chi connectivity index (χ0n) is 9.79. The molecule has 0 bridgehead atoms. The van der Waals surface area contributed by atoms with Gasteiger partial charge in [-0.05, 0) is 13.1 Å². The molecule has 7 nitrogen and oxygen atoms in total. The molecule has 0 fully saturated rings. The lowest BCUT2D eigenvalue weighted by Gasteiger charge is -2.05. The number of nitro benzene ring substituents is 1. The molecule has 0 atom stereocenters. The van der Waals surface area contributed by atoms with Gasteiger partial charge in [0.1, 0.15) is 0 Å². The molecule has 94 valence electrons. The van der Waals surface area contributed by atoms with Crippen molar-refractivity contribution in [3.8, 4) is 0 Å². The van der Waals surface area contributed by atoms with Crippen LogP contribution in [0.3, 0.4) is 0 Å². The lowest BCUT2D eigenvalue weighted by Crippen LogP contribution is -2.25. The molecule has 7 heteroatoms. The highest BCUT2D eigenvalue weighted by atomic mass is 16.6. The van der Waals surface area contributed by atoms with Crippen molar-refractivity contribution >= 4 is 16.6 Å². The SMILES string of the molecule is CNCCn1cnc2ccc([N+](=O)[O-])cc2c1=O. The van der Waals surface area contributed by atoms with Gasteiger partial charge in [-0.15, -0.1) is 0 Å². The number of benzene rings is 1. The van der Waals surface area contributed by atoms with Crippen LogP contribution in [0, 0.1) is 10.1 Å². The minimum atomic E-state index is -0.524. The monoisotopic (exact) mass is 248 g/mol. The van der Waals surface area contributed by atoms with E-state index in [1.54, 1.807) is 7.05 Å². The number of nitrogens with one attached hydrogen (secondary N) is 1. The van der Waals surface area contributed by atoms with Gasteiger partial charge in [0.15, 0.2) is 0 Å². The van der Waals surface area contributed by atoms with E-state index in [-0.39, 0.29) is 16.6 Å². The molecule has 2 aromatic rings. The van der Waals surface area contributed by atoms with Crippen molar-refractivity contribution in [1.29, 1.82) is 0 Å². The van der Waals surface area contributed by atoms with Gasteiger partial charge in [0.25, 0.3) is 11.2 Å². The molecule has 0 amide bonds. The molecule has 0 radical (unpaired) electrons. The third-order valence-electron chi connectivity index (χ3n) is 2.62. The number of likely N-dealkylation sites (N-methyl/N-ethyl adjacent to an activating group) is 1. The van der Waals surface area contributed by atoms with Crippen LogP contribution in [-0.4, -0.2) is 28.1 Å². The zero-order chi connectivity index (χ0) is 13.1. The summed E-state index contributed by atoms with van der Waals surface area (Å²) in [4.78, 5) is 26.3. The molecule has 0 aliphatic carbocycles. The van der Waals surface area contributed by atoms with Crippen LogP contribution in [0.25, 0.3) is 10.9 Å². The van der Waals surface area contributed by atoms with Crippen molar-refractivity contribution in [2.24, 2.45) is 0 Å². The van der Waals surface area contributed by atoms with Crippen molar-refractivity contribution in [1.82, 2.24) is 14.9 Å². The van der Waals surface area contributed by atoms with E-state index in [0.717, 1.165) is 0 Å². The number of fused-ring (bicyclic) bond motifs is 1. The van der Waals surface area contributed by atoms with Crippen LogP contribution >= 0.6 is 0 Å². The van der Waals surface area contributed by atoms with E-state index in [2.05, 4.69) is 10.3 Å². The third kappa shape index (κ3) is 2.21. The Morgan fingerprint density at radius 2 is 2.28 bits per heavy atom. The second kappa shape index (κ2) is 4.92. The van der Waals surface area contributed by atoms with Crippen LogP contribution in [-0.2, 0) is 6.54 Å². The molecule has 2 rings (SSSR count). The first kappa shape index (κ1) is 12.2. The van der Waals surface area contributed by atoms with Gasteiger partial charge in [0.2, 0.25) is 0 Å². The summed E-state index contributed by atoms with van der Waals surface area (Å²) < 4.78 is 1.43. The van der Waals surface area contributed by atoms with E-state index < -0.39 is 4.92 Å². The molecule has 0 saturated heterocycles. The summed E-state index contributed by atoms with van der Waals surface area (Å²) in [6, 6.07) is 4.09. The van der Waals surface area contributed by atoms with E-state index in [0.29, 0.717) is 18.6 Å². The number of nitrogens with zero attached hydrogens (tertiary/aromatic N) is 3. The van der Waals surface area contributed by atoms with Crippen molar-refractivity contribution in [2.45, 2.75) is 6.54 Å². The van der Waals surface area contributed by atoms with Crippen LogP contribution in [0.2, 0.25) is 0 Å². The van der Waals surface area contributed by atoms with E-state index >= 15 is 0 Å². The standard InChI is InChI=1S/C11H12N4O3/c1-12-4-5-14-7-13-10-3-2-8(15(17)18)6-9(10)11(14)16/h2-3,6-7,12H,4-5H2,1H3. The summed E-state index contributed by atoms with van der Waals surface area (Å²) in [6.45, 7) is 1.10. The van der Waals surface area contributed by atoms with Gasteiger partial charge in [-0.2, -0.15) is 0 Å². The van der Waals surface area contributed by atoms with Crippen molar-refractivity contribution in [2.75, 3.05) is 13.6 Å². The van der Waals surface area contributed by atoms with Crippen LogP contribution in [0.5, 0.6) is 0 Å². The van der Waals surface area contributed by atoms with Gasteiger partial charge in [0, 0.05) is 25.2 Å². The van der Waals surface area contributed by atoms with Crippen LogP contribution < -0.4 is 10.9 Å². The molecule has 0 unspecified atom stereocenters. The first-order chi connectivity index (χ1) is 8.63. The van der Waals surface area contributed by atoms with E-state index in [4.69, 9.17) is 0 Å². The lowest BCUT2D eigenvalue weighted by atomic mass is 10.2. The number of hydrogen-bond donors (Lipinski definition) is 1. The predicted molar refractivity (Wildman–Crippen MR) is 66.6 cm³/mol. The summed E-state index contributed by atoms with van der Waals surface area (Å²) in [7, 11) is 1.78. The molecule has 0 aliphatic heterocycles. The van der Waals surface area contributed by atoms with E-state index in [9.17, 15) is 14.9 Å². The van der Waals surface area contributed by atoms with Crippen LogP contribution in [0.4, 0.5) is 5.69 Å². The van der Waals surface area contributed by atoms with Gasteiger partial charge in [0.05, 0.1) is 22.2 Å². The fourth-order valence-corrected chi connectivity index (χ4v) is 1.65. The number of rotatable bonds is 4. The van der Waals surface area contributed by atoms with E-state index in [1.807, 2.05) is 0 Å². The summed E-state index contributed by atoms with van der Waals surface area (Å²) >= 11 is 0. The van der Waals surface area contributed by atoms with Gasteiger partial charge in [-0.3, -0.25) is 19.5 Å². The number of aromatic nitrogens is 2. The number of nitro groups is 1. The predicted octanol–water partition coefficient (Wildman–Crippen LogP) is 0.524. The van der Waals surface area contributed by atoms with Crippen LogP contribution in [0.15, 0.2) is 29.3 Å². The Bertz CT molecular complexity index is 650. The first-order valence-electron chi connectivity index (χ1n) is 5.41. The highest BCUT2D eigenvalue weighted by Crippen LogP contribution is 2.15. The Balaban J connectivity index is 2.57. The maximum atomic E-state index is 12.1. The maximum Gasteiger partial charge on any atom is 0.270 e. The fraction of sp³-hybridized carbons (Fsp3) is 0.273. The second-order valence-corrected chi connectivity index (χ2v) is 3.81. The van der Waals surface area contributed by atoms with Crippen LogP contribution in [0.1, 0.15) is 0 Å². The minimum Gasteiger partial charge on any atom is -0.318 e. The fourth-order valence-electron chi connectivity index (χ4n) is 1.65. The van der Waals surface area contributed by atoms with Crippen molar-refractivity contribution in [3.05, 3.63) is 45.0 Å². The third-order valence-corrected chi connectivity index (χ3v) is 2.62. The van der Waals surface area contributed by atoms with Crippen molar-refractivity contribution < 1.29 is 4.92 Å². The normalized spacial score (nSPS) is 10.7. The highest BCUT2D eigenvalue weighted by molar-refractivity contribution is 5.79. The summed E-state index contributed by atoms with van der Waals surface area (Å²) in [5.41, 5.74) is 0.0954. The average Bonchev–Trinajstić information content (AvgIpc) is 2.37. The minimum absolute atomic E-state index is 0.104. The number of hydrogen-bond acceptors (Lipinski definition) is 5. The molecule has 1 aromatic carbocycles. The molecular formula is C11H12N4O3. The first-order valence-corrected chi connectivity index (χ1v) is 5.41. The molecular weight excluding hydrogens is 236 g/mol. The second-order valence-electron chi connectivity index (χ2n) is 3.81. The molecule has 0 saturated carbocycles. The number of non-ortho nitro benzene ring substituents is 1. The highest BCUT2D eigenvalue weighted by Gasteiger charge is 2.10. The summed E-state index contributed by atoms with van der Waals surface area (Å²) in [5, 5.41) is 13.9. The van der Waals surface area contributed by atoms with Crippen molar-refractivity contribution in [3.63, 3.8) is 0 Å². The van der Waals surface area contributed by atoms with Gasteiger partial charge < -0.3 is 5.32 Å². The molecule has 1 heterocycles. The van der Waals surface area contributed by atoms with Gasteiger partial charge in [-0.1, -0.05) is 0 Å².